The van der Waals surface area contributed by atoms with Crippen LogP contribution in [0.1, 0.15) is 38.8 Å². The largest absolute Gasteiger partial charge is 0.497 e. The summed E-state index contributed by atoms with van der Waals surface area (Å²) < 4.78 is 56.7. The van der Waals surface area contributed by atoms with Gasteiger partial charge >= 0.3 is 29.5 Å². The van der Waals surface area contributed by atoms with Gasteiger partial charge in [-0.05, 0) is 35.4 Å². The summed E-state index contributed by atoms with van der Waals surface area (Å²) in [5, 5.41) is 0.360. The molecule has 4 aromatic rings. The fraction of sp³-hybridized carbons (Fsp3) is 0.342. The summed E-state index contributed by atoms with van der Waals surface area (Å²) >= 11 is 0. The summed E-state index contributed by atoms with van der Waals surface area (Å²) in [4.78, 5) is 61.7. The molecular formula is C38H38O15. The molecule has 1 fully saturated rings. The second-order valence-corrected chi connectivity index (χ2v) is 11.8. The molecule has 2 heterocycles. The van der Waals surface area contributed by atoms with E-state index >= 15 is 0 Å². The van der Waals surface area contributed by atoms with Crippen LogP contribution in [0.3, 0.4) is 0 Å². The zero-order valence-electron chi connectivity index (χ0n) is 29.6. The van der Waals surface area contributed by atoms with Crippen LogP contribution in [0, 0.1) is 0 Å². The van der Waals surface area contributed by atoms with Crippen molar-refractivity contribution in [3.8, 4) is 23.0 Å². The third-order valence-electron chi connectivity index (χ3n) is 7.76. The van der Waals surface area contributed by atoms with Gasteiger partial charge in [0.05, 0.1) is 12.5 Å². The SMILES string of the molecule is COc1ccc(COc2c(OCc3ccccc3)c3ccc(O[C@@H]4O[C@H](COC(C)=O)[C@H](OC(C)=O)[C@H](OC(C)=O)[C@H]4OC(C)=O)cc3oc2=O)cc1. The van der Waals surface area contributed by atoms with Crippen LogP contribution in [0.4, 0.5) is 0 Å². The number of methoxy groups -OCH3 is 1. The van der Waals surface area contributed by atoms with Gasteiger partial charge in [-0.1, -0.05) is 42.5 Å². The van der Waals surface area contributed by atoms with Crippen molar-refractivity contribution in [3.05, 3.63) is 94.3 Å². The molecule has 0 N–H and O–H groups in total. The third-order valence-corrected chi connectivity index (χ3v) is 7.76. The second-order valence-electron chi connectivity index (χ2n) is 11.8. The van der Waals surface area contributed by atoms with Crippen molar-refractivity contribution in [2.24, 2.45) is 0 Å². The molecule has 1 aromatic heterocycles. The van der Waals surface area contributed by atoms with Crippen LogP contribution in [0.2, 0.25) is 0 Å². The maximum Gasteiger partial charge on any atom is 0.383 e. The van der Waals surface area contributed by atoms with Crippen molar-refractivity contribution in [3.63, 3.8) is 0 Å². The predicted octanol–water partition coefficient (Wildman–Crippen LogP) is 4.42. The zero-order valence-corrected chi connectivity index (χ0v) is 29.6. The zero-order chi connectivity index (χ0) is 38.1. The molecule has 1 saturated heterocycles. The lowest BCUT2D eigenvalue weighted by Gasteiger charge is -2.43. The van der Waals surface area contributed by atoms with Gasteiger partial charge in [0.1, 0.15) is 43.0 Å². The molecule has 0 radical (unpaired) electrons. The van der Waals surface area contributed by atoms with E-state index in [2.05, 4.69) is 0 Å². The highest BCUT2D eigenvalue weighted by Gasteiger charge is 2.53. The molecule has 280 valence electrons. The van der Waals surface area contributed by atoms with Crippen LogP contribution in [0.25, 0.3) is 11.0 Å². The summed E-state index contributed by atoms with van der Waals surface area (Å²) in [6.45, 7) is 4.19. The van der Waals surface area contributed by atoms with E-state index < -0.39 is 66.8 Å². The van der Waals surface area contributed by atoms with E-state index in [-0.39, 0.29) is 36.0 Å². The van der Waals surface area contributed by atoms with Gasteiger partial charge in [0.2, 0.25) is 18.1 Å². The normalized spacial score (nSPS) is 19.4. The van der Waals surface area contributed by atoms with Gasteiger partial charge < -0.3 is 47.0 Å². The molecule has 5 atom stereocenters. The number of ether oxygens (including phenoxy) is 9. The highest BCUT2D eigenvalue weighted by atomic mass is 16.7. The summed E-state index contributed by atoms with van der Waals surface area (Å²) in [5.74, 6) is -2.35. The lowest BCUT2D eigenvalue weighted by Crippen LogP contribution is -2.63. The minimum absolute atomic E-state index is 0.0199. The van der Waals surface area contributed by atoms with Crippen LogP contribution in [0.5, 0.6) is 23.0 Å². The highest BCUT2D eigenvalue weighted by molar-refractivity contribution is 5.86. The van der Waals surface area contributed by atoms with Gasteiger partial charge in [-0.2, -0.15) is 0 Å². The van der Waals surface area contributed by atoms with E-state index in [1.165, 1.54) is 19.1 Å². The number of fused-ring (bicyclic) bond motifs is 1. The first-order valence-electron chi connectivity index (χ1n) is 16.4. The summed E-state index contributed by atoms with van der Waals surface area (Å²) in [6, 6.07) is 20.9. The third kappa shape index (κ3) is 10.0. The number of hydrogen-bond donors (Lipinski definition) is 0. The number of esters is 4. The number of carbonyl (C=O) groups excluding carboxylic acids is 4. The molecule has 0 amide bonds. The predicted molar refractivity (Wildman–Crippen MR) is 183 cm³/mol. The first-order chi connectivity index (χ1) is 25.4. The van der Waals surface area contributed by atoms with Crippen LogP contribution < -0.4 is 24.6 Å². The first-order valence-corrected chi connectivity index (χ1v) is 16.4. The molecule has 3 aromatic carbocycles. The number of rotatable bonds is 14. The monoisotopic (exact) mass is 734 g/mol. The summed E-state index contributed by atoms with van der Waals surface area (Å²) in [7, 11) is 1.56. The quantitative estimate of drug-likeness (QED) is 0.101. The smallest absolute Gasteiger partial charge is 0.383 e. The van der Waals surface area contributed by atoms with Gasteiger partial charge in [-0.3, -0.25) is 19.2 Å². The van der Waals surface area contributed by atoms with Gasteiger partial charge in [-0.15, -0.1) is 0 Å². The Hall–Kier alpha value is -6.09. The van der Waals surface area contributed by atoms with Gasteiger partial charge in [0.25, 0.3) is 0 Å². The van der Waals surface area contributed by atoms with E-state index in [4.69, 9.17) is 47.0 Å². The molecule has 5 rings (SSSR count). The standard InChI is InChI=1S/C38H38O15/c1-21(39)45-20-31-33(48-22(2)40)34(49-23(3)41)36(50-24(4)42)38(53-31)51-28-15-16-29-30(17-28)52-37(43)35(32(29)46-18-25-9-7-6-8-10-25)47-19-26-11-13-27(44-5)14-12-26/h6-17,31,33-34,36,38H,18-20H2,1-5H3/t31-,33+,34+,36-,38-/m1/s1. The topological polar surface area (TPSA) is 182 Å². The van der Waals surface area contributed by atoms with E-state index in [9.17, 15) is 24.0 Å². The van der Waals surface area contributed by atoms with Crippen molar-refractivity contribution < 1.29 is 66.2 Å². The Morgan fingerprint density at radius 1 is 0.660 bits per heavy atom. The second kappa shape index (κ2) is 17.4. The minimum Gasteiger partial charge on any atom is -0.497 e. The van der Waals surface area contributed by atoms with Crippen molar-refractivity contribution in [2.75, 3.05) is 13.7 Å². The Morgan fingerprint density at radius 3 is 1.87 bits per heavy atom. The summed E-state index contributed by atoms with van der Waals surface area (Å²) in [5.41, 5.74) is 0.794. The Balaban J connectivity index is 1.51. The Morgan fingerprint density at radius 2 is 1.25 bits per heavy atom. The van der Waals surface area contributed by atoms with Crippen LogP contribution in [-0.4, -0.2) is 68.3 Å². The average molecular weight is 735 g/mol. The van der Waals surface area contributed by atoms with Gasteiger partial charge in [-0.25, -0.2) is 4.79 Å². The maximum atomic E-state index is 13.5. The van der Waals surface area contributed by atoms with E-state index in [0.717, 1.165) is 31.9 Å². The lowest BCUT2D eigenvalue weighted by molar-refractivity contribution is -0.288. The van der Waals surface area contributed by atoms with Crippen molar-refractivity contribution in [2.45, 2.75) is 71.6 Å². The number of hydrogen-bond acceptors (Lipinski definition) is 15. The van der Waals surface area contributed by atoms with Crippen molar-refractivity contribution >= 4 is 34.8 Å². The van der Waals surface area contributed by atoms with Crippen LogP contribution in [0.15, 0.2) is 82.0 Å². The van der Waals surface area contributed by atoms with Crippen molar-refractivity contribution in [1.82, 2.24) is 0 Å². The molecule has 0 saturated carbocycles. The average Bonchev–Trinajstić information content (AvgIpc) is 3.11. The molecule has 0 bridgehead atoms. The minimum atomic E-state index is -1.51. The fourth-order valence-corrected chi connectivity index (χ4v) is 5.50. The van der Waals surface area contributed by atoms with Gasteiger partial charge in [0, 0.05) is 33.8 Å². The van der Waals surface area contributed by atoms with E-state index in [0.29, 0.717) is 11.1 Å². The molecule has 1 aliphatic rings. The lowest BCUT2D eigenvalue weighted by atomic mass is 9.98. The number of carbonyl (C=O) groups is 4. The first kappa shape index (κ1) is 38.1. The van der Waals surface area contributed by atoms with Crippen molar-refractivity contribution in [1.29, 1.82) is 0 Å². The maximum absolute atomic E-state index is 13.5. The molecule has 1 aliphatic heterocycles. The molecular weight excluding hydrogens is 696 g/mol. The van der Waals surface area contributed by atoms with Crippen LogP contribution >= 0.6 is 0 Å². The Labute approximate surface area is 303 Å². The van der Waals surface area contributed by atoms with Gasteiger partial charge in [0.15, 0.2) is 18.0 Å². The summed E-state index contributed by atoms with van der Waals surface area (Å²) in [6.07, 6.45) is -7.03. The molecule has 53 heavy (non-hydrogen) atoms. The highest BCUT2D eigenvalue weighted by Crippen LogP contribution is 2.37. The van der Waals surface area contributed by atoms with E-state index in [1.54, 1.807) is 37.4 Å². The molecule has 0 unspecified atom stereocenters. The molecule has 0 aliphatic carbocycles. The Kier molecular flexibility index (Phi) is 12.5. The van der Waals surface area contributed by atoms with Crippen LogP contribution in [-0.2, 0) is 56.1 Å². The molecule has 15 nitrogen and oxygen atoms in total. The van der Waals surface area contributed by atoms with E-state index in [1.807, 2.05) is 30.3 Å². The molecule has 0 spiro atoms. The Bertz CT molecular complexity index is 1970. The molecule has 15 heteroatoms. The number of benzene rings is 3. The fourth-order valence-electron chi connectivity index (χ4n) is 5.50.